The van der Waals surface area contributed by atoms with E-state index in [1.54, 1.807) is 4.90 Å². The predicted octanol–water partition coefficient (Wildman–Crippen LogP) is 0.806. The Balaban J connectivity index is 2.62. The summed E-state index contributed by atoms with van der Waals surface area (Å²) in [6.07, 6.45) is 1.69. The highest BCUT2D eigenvalue weighted by Crippen LogP contribution is 2.22. The summed E-state index contributed by atoms with van der Waals surface area (Å²) in [5, 5.41) is 0. The minimum absolute atomic E-state index is 0.0334. The standard InChI is InChI=1S/C10H17NO3/c1-7-4-5-9(10(13)14-3)6-11(7)8(2)12/h7,9H,4-6H2,1-3H3/t7-,9+/m0/s1. The summed E-state index contributed by atoms with van der Waals surface area (Å²) in [5.41, 5.74) is 0. The van der Waals surface area contributed by atoms with Gasteiger partial charge in [-0.1, -0.05) is 0 Å². The topological polar surface area (TPSA) is 46.6 Å². The minimum atomic E-state index is -0.205. The second-order valence-electron chi connectivity index (χ2n) is 3.82. The normalized spacial score (nSPS) is 27.2. The van der Waals surface area contributed by atoms with Crippen LogP contribution in [0.25, 0.3) is 0 Å². The van der Waals surface area contributed by atoms with Crippen LogP contribution in [0.5, 0.6) is 0 Å². The molecule has 0 saturated carbocycles. The minimum Gasteiger partial charge on any atom is -0.469 e. The molecule has 0 aromatic heterocycles. The Hall–Kier alpha value is -1.06. The molecule has 0 aromatic rings. The molecule has 1 aliphatic rings. The zero-order chi connectivity index (χ0) is 10.7. The van der Waals surface area contributed by atoms with Crippen molar-refractivity contribution in [1.82, 2.24) is 4.90 Å². The van der Waals surface area contributed by atoms with Crippen molar-refractivity contribution in [1.29, 1.82) is 0 Å². The highest BCUT2D eigenvalue weighted by atomic mass is 16.5. The number of rotatable bonds is 1. The Bertz CT molecular complexity index is 240. The van der Waals surface area contributed by atoms with Crippen LogP contribution in [-0.2, 0) is 14.3 Å². The van der Waals surface area contributed by atoms with Gasteiger partial charge in [0, 0.05) is 19.5 Å². The van der Waals surface area contributed by atoms with Crippen molar-refractivity contribution in [3.63, 3.8) is 0 Å². The molecule has 0 aromatic carbocycles. The number of amides is 1. The van der Waals surface area contributed by atoms with Gasteiger partial charge in [-0.15, -0.1) is 0 Å². The molecule has 4 nitrogen and oxygen atoms in total. The van der Waals surface area contributed by atoms with Crippen molar-refractivity contribution < 1.29 is 14.3 Å². The van der Waals surface area contributed by atoms with Crippen LogP contribution in [0, 0.1) is 5.92 Å². The van der Waals surface area contributed by atoms with Crippen LogP contribution < -0.4 is 0 Å². The Morgan fingerprint density at radius 1 is 1.36 bits per heavy atom. The fourth-order valence-electron chi connectivity index (χ4n) is 1.90. The summed E-state index contributed by atoms with van der Waals surface area (Å²) in [6, 6.07) is 0.244. The Kier molecular flexibility index (Phi) is 3.49. The molecule has 80 valence electrons. The first-order valence-corrected chi connectivity index (χ1v) is 4.91. The molecule has 0 spiro atoms. The van der Waals surface area contributed by atoms with E-state index < -0.39 is 0 Å². The van der Waals surface area contributed by atoms with Crippen molar-refractivity contribution in [2.45, 2.75) is 32.7 Å². The lowest BCUT2D eigenvalue weighted by Gasteiger charge is -2.36. The molecule has 1 aliphatic heterocycles. The first-order chi connectivity index (χ1) is 6.56. The second kappa shape index (κ2) is 4.44. The summed E-state index contributed by atoms with van der Waals surface area (Å²) < 4.78 is 4.68. The summed E-state index contributed by atoms with van der Waals surface area (Å²) in [6.45, 7) is 4.05. The number of ether oxygens (including phenoxy) is 1. The summed E-state index contributed by atoms with van der Waals surface area (Å²) >= 11 is 0. The molecule has 0 radical (unpaired) electrons. The number of nitrogens with zero attached hydrogens (tertiary/aromatic N) is 1. The predicted molar refractivity (Wildman–Crippen MR) is 51.6 cm³/mol. The van der Waals surface area contributed by atoms with Gasteiger partial charge < -0.3 is 9.64 Å². The van der Waals surface area contributed by atoms with Crippen LogP contribution in [0.3, 0.4) is 0 Å². The zero-order valence-electron chi connectivity index (χ0n) is 8.95. The van der Waals surface area contributed by atoms with E-state index in [2.05, 4.69) is 4.74 Å². The third-order valence-electron chi connectivity index (χ3n) is 2.82. The molecule has 1 rings (SSSR count). The summed E-state index contributed by atoms with van der Waals surface area (Å²) in [4.78, 5) is 24.3. The lowest BCUT2D eigenvalue weighted by Crippen LogP contribution is -2.46. The van der Waals surface area contributed by atoms with Crippen molar-refractivity contribution in [2.75, 3.05) is 13.7 Å². The van der Waals surface area contributed by atoms with Gasteiger partial charge in [0.2, 0.25) is 5.91 Å². The van der Waals surface area contributed by atoms with Crippen LogP contribution in [0.4, 0.5) is 0 Å². The third kappa shape index (κ3) is 2.25. The van der Waals surface area contributed by atoms with Crippen molar-refractivity contribution in [3.05, 3.63) is 0 Å². The molecule has 0 bridgehead atoms. The number of hydrogen-bond donors (Lipinski definition) is 0. The maximum absolute atomic E-state index is 11.3. The van der Waals surface area contributed by atoms with Gasteiger partial charge in [0.15, 0.2) is 0 Å². The van der Waals surface area contributed by atoms with Crippen LogP contribution in [0.2, 0.25) is 0 Å². The van der Waals surface area contributed by atoms with E-state index >= 15 is 0 Å². The molecule has 1 fully saturated rings. The third-order valence-corrected chi connectivity index (χ3v) is 2.82. The molecule has 0 unspecified atom stereocenters. The Morgan fingerprint density at radius 2 is 2.00 bits per heavy atom. The van der Waals surface area contributed by atoms with Crippen LogP contribution >= 0.6 is 0 Å². The maximum atomic E-state index is 11.3. The van der Waals surface area contributed by atoms with Crippen molar-refractivity contribution in [2.24, 2.45) is 5.92 Å². The van der Waals surface area contributed by atoms with Crippen molar-refractivity contribution in [3.8, 4) is 0 Å². The van der Waals surface area contributed by atoms with Gasteiger partial charge in [0.1, 0.15) is 0 Å². The summed E-state index contributed by atoms with van der Waals surface area (Å²) in [5.74, 6) is -0.311. The van der Waals surface area contributed by atoms with E-state index in [9.17, 15) is 9.59 Å². The molecular formula is C10H17NO3. The maximum Gasteiger partial charge on any atom is 0.310 e. The number of hydrogen-bond acceptors (Lipinski definition) is 3. The monoisotopic (exact) mass is 199 g/mol. The SMILES string of the molecule is COC(=O)[C@@H]1CC[C@H](C)N(C(C)=O)C1. The number of carbonyl (C=O) groups excluding carboxylic acids is 2. The average molecular weight is 199 g/mol. The van der Waals surface area contributed by atoms with Gasteiger partial charge in [-0.05, 0) is 19.8 Å². The Morgan fingerprint density at radius 3 is 2.50 bits per heavy atom. The zero-order valence-corrected chi connectivity index (χ0v) is 8.95. The molecule has 1 heterocycles. The quantitative estimate of drug-likeness (QED) is 0.587. The fourth-order valence-corrected chi connectivity index (χ4v) is 1.90. The average Bonchev–Trinajstić information content (AvgIpc) is 2.17. The van der Waals surface area contributed by atoms with E-state index in [0.29, 0.717) is 6.54 Å². The van der Waals surface area contributed by atoms with Crippen LogP contribution in [-0.4, -0.2) is 36.5 Å². The van der Waals surface area contributed by atoms with Gasteiger partial charge in [-0.3, -0.25) is 9.59 Å². The number of likely N-dealkylation sites (tertiary alicyclic amines) is 1. The molecule has 1 saturated heterocycles. The lowest BCUT2D eigenvalue weighted by molar-refractivity contribution is -0.149. The highest BCUT2D eigenvalue weighted by molar-refractivity contribution is 5.77. The van der Waals surface area contributed by atoms with Gasteiger partial charge in [-0.25, -0.2) is 0 Å². The first-order valence-electron chi connectivity index (χ1n) is 4.91. The van der Waals surface area contributed by atoms with E-state index in [-0.39, 0.29) is 23.8 Å². The first kappa shape index (κ1) is 11.0. The lowest BCUT2D eigenvalue weighted by atomic mass is 9.93. The van der Waals surface area contributed by atoms with E-state index in [0.717, 1.165) is 12.8 Å². The van der Waals surface area contributed by atoms with Crippen LogP contribution in [0.15, 0.2) is 0 Å². The molecule has 0 aliphatic carbocycles. The number of piperidine rings is 1. The van der Waals surface area contributed by atoms with Crippen LogP contribution in [0.1, 0.15) is 26.7 Å². The molecule has 1 amide bonds. The number of esters is 1. The number of carbonyl (C=O) groups is 2. The number of methoxy groups -OCH3 is 1. The van der Waals surface area contributed by atoms with Gasteiger partial charge in [0.05, 0.1) is 13.0 Å². The fraction of sp³-hybridized carbons (Fsp3) is 0.800. The van der Waals surface area contributed by atoms with E-state index in [1.807, 2.05) is 6.92 Å². The molecule has 14 heavy (non-hydrogen) atoms. The summed E-state index contributed by atoms with van der Waals surface area (Å²) in [7, 11) is 1.39. The molecule has 4 heteroatoms. The van der Waals surface area contributed by atoms with Gasteiger partial charge in [-0.2, -0.15) is 0 Å². The van der Waals surface area contributed by atoms with E-state index in [1.165, 1.54) is 14.0 Å². The van der Waals surface area contributed by atoms with Gasteiger partial charge >= 0.3 is 5.97 Å². The Labute approximate surface area is 84.2 Å². The van der Waals surface area contributed by atoms with Crippen molar-refractivity contribution >= 4 is 11.9 Å². The largest absolute Gasteiger partial charge is 0.469 e. The molecule has 0 N–H and O–H groups in total. The molecular weight excluding hydrogens is 182 g/mol. The second-order valence-corrected chi connectivity index (χ2v) is 3.82. The smallest absolute Gasteiger partial charge is 0.310 e. The molecule has 2 atom stereocenters. The van der Waals surface area contributed by atoms with Gasteiger partial charge in [0.25, 0.3) is 0 Å². The van der Waals surface area contributed by atoms with E-state index in [4.69, 9.17) is 0 Å². The highest BCUT2D eigenvalue weighted by Gasteiger charge is 2.31.